The van der Waals surface area contributed by atoms with Crippen molar-refractivity contribution in [1.82, 2.24) is 5.32 Å². The highest BCUT2D eigenvalue weighted by molar-refractivity contribution is 5.82. The average Bonchev–Trinajstić information content (AvgIpc) is 2.60. The van der Waals surface area contributed by atoms with Gasteiger partial charge in [-0.05, 0) is 31.0 Å². The Hall–Kier alpha value is -2.49. The molecule has 1 aliphatic heterocycles. The van der Waals surface area contributed by atoms with Gasteiger partial charge in [-0.25, -0.2) is 0 Å². The standard InChI is InChI=1S/C19H21NO3/c1-3-15(14-10-8-13(2)9-11-14)20-19(21)18-12-22-16-6-4-5-7-17(16)23-18/h4-11,15,18H,3,12H2,1-2H3,(H,20,21)/t15-,18+/m1/s1. The number of amides is 1. The summed E-state index contributed by atoms with van der Waals surface area (Å²) in [5.74, 6) is 1.15. The number of carbonyl (C=O) groups excluding carboxylic acids is 1. The van der Waals surface area contributed by atoms with Crippen LogP contribution in [0.1, 0.15) is 30.5 Å². The third-order valence-corrected chi connectivity index (χ3v) is 4.01. The van der Waals surface area contributed by atoms with Crippen molar-refractivity contribution in [3.05, 3.63) is 59.7 Å². The monoisotopic (exact) mass is 311 g/mol. The molecule has 0 fully saturated rings. The summed E-state index contributed by atoms with van der Waals surface area (Å²) in [6, 6.07) is 15.6. The molecule has 2 atom stereocenters. The van der Waals surface area contributed by atoms with Gasteiger partial charge in [0.25, 0.3) is 5.91 Å². The number of hydrogen-bond donors (Lipinski definition) is 1. The molecule has 3 rings (SSSR count). The SMILES string of the molecule is CC[C@@H](NC(=O)[C@@H]1COc2ccccc2O1)c1ccc(C)cc1. The van der Waals surface area contributed by atoms with E-state index < -0.39 is 6.10 Å². The first-order valence-corrected chi connectivity index (χ1v) is 7.93. The summed E-state index contributed by atoms with van der Waals surface area (Å²) >= 11 is 0. The zero-order chi connectivity index (χ0) is 16.2. The molecule has 0 radical (unpaired) electrons. The van der Waals surface area contributed by atoms with Crippen molar-refractivity contribution < 1.29 is 14.3 Å². The fourth-order valence-electron chi connectivity index (χ4n) is 2.63. The fourth-order valence-corrected chi connectivity index (χ4v) is 2.63. The van der Waals surface area contributed by atoms with Crippen LogP contribution in [0, 0.1) is 6.92 Å². The lowest BCUT2D eigenvalue weighted by atomic mass is 10.0. The molecule has 1 aliphatic rings. The summed E-state index contributed by atoms with van der Waals surface area (Å²) < 4.78 is 11.4. The van der Waals surface area contributed by atoms with Crippen LogP contribution in [0.25, 0.3) is 0 Å². The second-order valence-electron chi connectivity index (χ2n) is 5.74. The smallest absolute Gasteiger partial charge is 0.265 e. The van der Waals surface area contributed by atoms with E-state index in [2.05, 4.69) is 36.5 Å². The molecule has 0 aliphatic carbocycles. The first-order chi connectivity index (χ1) is 11.2. The molecular formula is C19H21NO3. The van der Waals surface area contributed by atoms with Gasteiger partial charge in [-0.2, -0.15) is 0 Å². The number of fused-ring (bicyclic) bond motifs is 1. The van der Waals surface area contributed by atoms with Crippen LogP contribution in [0.4, 0.5) is 0 Å². The predicted molar refractivity (Wildman–Crippen MR) is 88.7 cm³/mol. The number of nitrogens with one attached hydrogen (secondary N) is 1. The van der Waals surface area contributed by atoms with Crippen LogP contribution in [0.2, 0.25) is 0 Å². The Morgan fingerprint density at radius 3 is 2.57 bits per heavy atom. The van der Waals surface area contributed by atoms with E-state index in [1.807, 2.05) is 31.2 Å². The van der Waals surface area contributed by atoms with Gasteiger partial charge in [0.15, 0.2) is 11.5 Å². The molecule has 1 heterocycles. The van der Waals surface area contributed by atoms with Gasteiger partial charge in [0.2, 0.25) is 6.10 Å². The minimum Gasteiger partial charge on any atom is -0.485 e. The summed E-state index contributed by atoms with van der Waals surface area (Å²) in [5, 5.41) is 3.06. The lowest BCUT2D eigenvalue weighted by Gasteiger charge is -2.27. The highest BCUT2D eigenvalue weighted by Crippen LogP contribution is 2.31. The van der Waals surface area contributed by atoms with Crippen molar-refractivity contribution in [3.8, 4) is 11.5 Å². The first kappa shape index (κ1) is 15.4. The van der Waals surface area contributed by atoms with Gasteiger partial charge in [-0.15, -0.1) is 0 Å². The number of benzene rings is 2. The molecule has 120 valence electrons. The maximum atomic E-state index is 12.5. The maximum absolute atomic E-state index is 12.5. The van der Waals surface area contributed by atoms with Gasteiger partial charge in [-0.1, -0.05) is 48.9 Å². The molecule has 0 spiro atoms. The average molecular weight is 311 g/mol. The van der Waals surface area contributed by atoms with Crippen LogP contribution in [-0.2, 0) is 4.79 Å². The molecule has 0 bridgehead atoms. The highest BCUT2D eigenvalue weighted by atomic mass is 16.6. The van der Waals surface area contributed by atoms with E-state index >= 15 is 0 Å². The highest BCUT2D eigenvalue weighted by Gasteiger charge is 2.28. The molecule has 2 aromatic rings. The number of para-hydroxylation sites is 2. The van der Waals surface area contributed by atoms with Crippen LogP contribution in [0.15, 0.2) is 48.5 Å². The minimum absolute atomic E-state index is 0.0242. The van der Waals surface area contributed by atoms with Crippen LogP contribution in [-0.4, -0.2) is 18.6 Å². The van der Waals surface area contributed by atoms with Crippen molar-refractivity contribution in [2.24, 2.45) is 0 Å². The molecular weight excluding hydrogens is 290 g/mol. The molecule has 4 nitrogen and oxygen atoms in total. The maximum Gasteiger partial charge on any atom is 0.265 e. The van der Waals surface area contributed by atoms with E-state index in [4.69, 9.17) is 9.47 Å². The van der Waals surface area contributed by atoms with Gasteiger partial charge in [0.1, 0.15) is 6.61 Å². The quantitative estimate of drug-likeness (QED) is 0.941. The second-order valence-corrected chi connectivity index (χ2v) is 5.74. The van der Waals surface area contributed by atoms with E-state index in [0.717, 1.165) is 12.0 Å². The van der Waals surface area contributed by atoms with E-state index in [1.165, 1.54) is 5.56 Å². The van der Waals surface area contributed by atoms with Gasteiger partial charge in [0, 0.05) is 0 Å². The van der Waals surface area contributed by atoms with Crippen molar-refractivity contribution in [1.29, 1.82) is 0 Å². The first-order valence-electron chi connectivity index (χ1n) is 7.93. The summed E-state index contributed by atoms with van der Waals surface area (Å²) in [4.78, 5) is 12.5. The number of hydrogen-bond acceptors (Lipinski definition) is 3. The van der Waals surface area contributed by atoms with Gasteiger partial charge in [0.05, 0.1) is 6.04 Å². The molecule has 2 aromatic carbocycles. The molecule has 23 heavy (non-hydrogen) atoms. The van der Waals surface area contributed by atoms with E-state index in [0.29, 0.717) is 11.5 Å². The third kappa shape index (κ3) is 3.47. The molecule has 4 heteroatoms. The summed E-state index contributed by atoms with van der Waals surface area (Å²) in [6.07, 6.45) is 0.197. The minimum atomic E-state index is -0.621. The Morgan fingerprint density at radius 2 is 1.87 bits per heavy atom. The van der Waals surface area contributed by atoms with E-state index in [1.54, 1.807) is 0 Å². The lowest BCUT2D eigenvalue weighted by molar-refractivity contribution is -0.131. The van der Waals surface area contributed by atoms with Crippen molar-refractivity contribution in [3.63, 3.8) is 0 Å². The molecule has 0 unspecified atom stereocenters. The number of ether oxygens (including phenoxy) is 2. The Kier molecular flexibility index (Phi) is 4.51. The van der Waals surface area contributed by atoms with Gasteiger partial charge < -0.3 is 14.8 Å². The van der Waals surface area contributed by atoms with Crippen LogP contribution in [0.3, 0.4) is 0 Å². The number of rotatable bonds is 4. The van der Waals surface area contributed by atoms with E-state index in [-0.39, 0.29) is 18.6 Å². The Labute approximate surface area is 136 Å². The number of carbonyl (C=O) groups is 1. The molecule has 0 saturated carbocycles. The third-order valence-electron chi connectivity index (χ3n) is 4.01. The van der Waals surface area contributed by atoms with Crippen molar-refractivity contribution in [2.75, 3.05) is 6.61 Å². The van der Waals surface area contributed by atoms with Crippen LogP contribution >= 0.6 is 0 Å². The van der Waals surface area contributed by atoms with Crippen LogP contribution < -0.4 is 14.8 Å². The van der Waals surface area contributed by atoms with E-state index in [9.17, 15) is 4.79 Å². The fraction of sp³-hybridized carbons (Fsp3) is 0.316. The molecule has 1 N–H and O–H groups in total. The normalized spacial score (nSPS) is 17.4. The second kappa shape index (κ2) is 6.73. The number of aryl methyl sites for hydroxylation is 1. The van der Waals surface area contributed by atoms with Crippen molar-refractivity contribution >= 4 is 5.91 Å². The van der Waals surface area contributed by atoms with Crippen molar-refractivity contribution in [2.45, 2.75) is 32.4 Å². The Bertz CT molecular complexity index is 681. The Balaban J connectivity index is 1.67. The molecule has 1 amide bonds. The van der Waals surface area contributed by atoms with Gasteiger partial charge >= 0.3 is 0 Å². The van der Waals surface area contributed by atoms with Gasteiger partial charge in [-0.3, -0.25) is 4.79 Å². The Morgan fingerprint density at radius 1 is 1.17 bits per heavy atom. The van der Waals surface area contributed by atoms with Crippen LogP contribution in [0.5, 0.6) is 11.5 Å². The topological polar surface area (TPSA) is 47.6 Å². The zero-order valence-corrected chi connectivity index (χ0v) is 13.4. The molecule has 0 saturated heterocycles. The zero-order valence-electron chi connectivity index (χ0n) is 13.4. The lowest BCUT2D eigenvalue weighted by Crippen LogP contribution is -2.45. The summed E-state index contributed by atoms with van der Waals surface area (Å²) in [7, 11) is 0. The predicted octanol–water partition coefficient (Wildman–Crippen LogP) is 3.40. The summed E-state index contributed by atoms with van der Waals surface area (Å²) in [6.45, 7) is 4.33. The summed E-state index contributed by atoms with van der Waals surface area (Å²) in [5.41, 5.74) is 2.30. The largest absolute Gasteiger partial charge is 0.485 e. The molecule has 0 aromatic heterocycles.